The molecule has 0 atom stereocenters. The zero-order valence-corrected chi connectivity index (χ0v) is 10.6. The molecule has 0 radical (unpaired) electrons. The molecule has 0 aliphatic heterocycles. The van der Waals surface area contributed by atoms with Gasteiger partial charge in [-0.1, -0.05) is 13.8 Å². The molecule has 1 aliphatic carbocycles. The summed E-state index contributed by atoms with van der Waals surface area (Å²) in [6.07, 6.45) is 8.68. The van der Waals surface area contributed by atoms with Crippen molar-refractivity contribution in [2.24, 2.45) is 0 Å². The number of hydrogen-bond acceptors (Lipinski definition) is 4. The van der Waals surface area contributed by atoms with Gasteiger partial charge >= 0.3 is 0 Å². The van der Waals surface area contributed by atoms with Crippen molar-refractivity contribution < 1.29 is 4.74 Å². The largest absolute Gasteiger partial charge is 0.473 e. The van der Waals surface area contributed by atoms with Crippen LogP contribution in [0.5, 0.6) is 5.88 Å². The number of nitrogens with one attached hydrogen (secondary N) is 1. The smallest absolute Gasteiger partial charge is 0.232 e. The topological polar surface area (TPSA) is 47.0 Å². The number of aromatic nitrogens is 2. The van der Waals surface area contributed by atoms with Crippen molar-refractivity contribution >= 4 is 0 Å². The van der Waals surface area contributed by atoms with Gasteiger partial charge < -0.3 is 10.1 Å². The molecule has 1 saturated carbocycles. The summed E-state index contributed by atoms with van der Waals surface area (Å²) in [6.45, 7) is 4.98. The van der Waals surface area contributed by atoms with Gasteiger partial charge in [-0.05, 0) is 25.7 Å². The Balaban J connectivity index is 1.91. The molecule has 94 valence electrons. The zero-order chi connectivity index (χ0) is 12.1. The fourth-order valence-electron chi connectivity index (χ4n) is 2.01. The Labute approximate surface area is 103 Å². The number of nitrogens with zero attached hydrogens (tertiary/aromatic N) is 2. The van der Waals surface area contributed by atoms with Crippen LogP contribution in [0.3, 0.4) is 0 Å². The molecule has 1 aliphatic rings. The lowest BCUT2D eigenvalue weighted by Gasteiger charge is -2.13. The van der Waals surface area contributed by atoms with Gasteiger partial charge in [-0.2, -0.15) is 0 Å². The Hall–Kier alpha value is -1.16. The molecule has 17 heavy (non-hydrogen) atoms. The highest BCUT2D eigenvalue weighted by molar-refractivity contribution is 5.09. The van der Waals surface area contributed by atoms with Crippen molar-refractivity contribution in [3.8, 4) is 5.88 Å². The third kappa shape index (κ3) is 3.97. The van der Waals surface area contributed by atoms with Gasteiger partial charge in [-0.3, -0.25) is 4.98 Å². The van der Waals surface area contributed by atoms with Crippen LogP contribution in [-0.4, -0.2) is 22.1 Å². The minimum Gasteiger partial charge on any atom is -0.473 e. The Bertz CT molecular complexity index is 348. The molecule has 0 spiro atoms. The van der Waals surface area contributed by atoms with Crippen LogP contribution in [-0.2, 0) is 6.54 Å². The molecule has 1 aromatic heterocycles. The summed E-state index contributed by atoms with van der Waals surface area (Å²) in [6, 6.07) is 0.455. The molecule has 0 unspecified atom stereocenters. The molecule has 1 fully saturated rings. The minimum atomic E-state index is 0.345. The second-order valence-electron chi connectivity index (χ2n) is 4.91. The standard InChI is InChI=1S/C13H21N3O/c1-10(2)15-8-11-7-14-9-13(16-11)17-12-5-3-4-6-12/h7,9-10,12,15H,3-6,8H2,1-2H3. The summed E-state index contributed by atoms with van der Waals surface area (Å²) < 4.78 is 5.82. The van der Waals surface area contributed by atoms with E-state index < -0.39 is 0 Å². The molecule has 1 N–H and O–H groups in total. The predicted octanol–water partition coefficient (Wildman–Crippen LogP) is 2.30. The van der Waals surface area contributed by atoms with E-state index in [0.717, 1.165) is 25.1 Å². The van der Waals surface area contributed by atoms with Crippen molar-refractivity contribution in [2.45, 2.75) is 58.2 Å². The Morgan fingerprint density at radius 3 is 2.82 bits per heavy atom. The second kappa shape index (κ2) is 5.96. The predicted molar refractivity (Wildman–Crippen MR) is 66.9 cm³/mol. The van der Waals surface area contributed by atoms with Crippen LogP contribution >= 0.6 is 0 Å². The first-order valence-corrected chi connectivity index (χ1v) is 6.45. The van der Waals surface area contributed by atoms with E-state index in [1.807, 2.05) is 0 Å². The summed E-state index contributed by atoms with van der Waals surface area (Å²) in [5.41, 5.74) is 0.939. The van der Waals surface area contributed by atoms with Crippen molar-refractivity contribution in [3.63, 3.8) is 0 Å². The van der Waals surface area contributed by atoms with Crippen molar-refractivity contribution in [3.05, 3.63) is 18.1 Å². The maximum Gasteiger partial charge on any atom is 0.232 e. The van der Waals surface area contributed by atoms with Gasteiger partial charge in [0.2, 0.25) is 5.88 Å². The first-order chi connectivity index (χ1) is 8.24. The highest BCUT2D eigenvalue weighted by atomic mass is 16.5. The SMILES string of the molecule is CC(C)NCc1cncc(OC2CCCC2)n1. The molecule has 1 heterocycles. The maximum atomic E-state index is 5.82. The summed E-state index contributed by atoms with van der Waals surface area (Å²) in [5, 5.41) is 3.32. The van der Waals surface area contributed by atoms with Crippen LogP contribution < -0.4 is 10.1 Å². The van der Waals surface area contributed by atoms with Gasteiger partial charge in [-0.15, -0.1) is 0 Å². The first kappa shape index (κ1) is 12.3. The summed E-state index contributed by atoms with van der Waals surface area (Å²) in [7, 11) is 0. The maximum absolute atomic E-state index is 5.82. The van der Waals surface area contributed by atoms with Crippen molar-refractivity contribution in [1.82, 2.24) is 15.3 Å². The van der Waals surface area contributed by atoms with Crippen LogP contribution in [0.2, 0.25) is 0 Å². The molecular formula is C13H21N3O. The van der Waals surface area contributed by atoms with E-state index in [2.05, 4.69) is 29.1 Å². The summed E-state index contributed by atoms with van der Waals surface area (Å²) in [5.74, 6) is 0.667. The monoisotopic (exact) mass is 235 g/mol. The van der Waals surface area contributed by atoms with Gasteiger partial charge in [0.25, 0.3) is 0 Å². The fourth-order valence-corrected chi connectivity index (χ4v) is 2.01. The number of rotatable bonds is 5. The average molecular weight is 235 g/mol. The first-order valence-electron chi connectivity index (χ1n) is 6.45. The van der Waals surface area contributed by atoms with E-state index in [0.29, 0.717) is 18.0 Å². The molecule has 4 heteroatoms. The number of ether oxygens (including phenoxy) is 1. The van der Waals surface area contributed by atoms with E-state index in [9.17, 15) is 0 Å². The van der Waals surface area contributed by atoms with Gasteiger partial charge in [0.1, 0.15) is 6.10 Å². The molecule has 0 bridgehead atoms. The summed E-state index contributed by atoms with van der Waals surface area (Å²) >= 11 is 0. The quantitative estimate of drug-likeness (QED) is 0.850. The molecule has 4 nitrogen and oxygen atoms in total. The molecule has 2 rings (SSSR count). The van der Waals surface area contributed by atoms with Crippen LogP contribution in [0.25, 0.3) is 0 Å². The lowest BCUT2D eigenvalue weighted by molar-refractivity contribution is 0.200. The fraction of sp³-hybridized carbons (Fsp3) is 0.692. The molecule has 0 amide bonds. The van der Waals surface area contributed by atoms with Crippen LogP contribution in [0, 0.1) is 0 Å². The normalized spacial score (nSPS) is 16.6. The van der Waals surface area contributed by atoms with Crippen molar-refractivity contribution in [2.75, 3.05) is 0 Å². The van der Waals surface area contributed by atoms with E-state index in [1.54, 1.807) is 12.4 Å². The van der Waals surface area contributed by atoms with Crippen LogP contribution in [0.1, 0.15) is 45.2 Å². The Morgan fingerprint density at radius 2 is 2.12 bits per heavy atom. The van der Waals surface area contributed by atoms with Crippen LogP contribution in [0.4, 0.5) is 0 Å². The molecule has 0 aromatic carbocycles. The van der Waals surface area contributed by atoms with E-state index >= 15 is 0 Å². The van der Waals surface area contributed by atoms with Gasteiger partial charge in [0, 0.05) is 18.8 Å². The van der Waals surface area contributed by atoms with E-state index in [4.69, 9.17) is 4.74 Å². The molecular weight excluding hydrogens is 214 g/mol. The van der Waals surface area contributed by atoms with E-state index in [1.165, 1.54) is 12.8 Å². The summed E-state index contributed by atoms with van der Waals surface area (Å²) in [4.78, 5) is 8.64. The second-order valence-corrected chi connectivity index (χ2v) is 4.91. The van der Waals surface area contributed by atoms with Crippen molar-refractivity contribution in [1.29, 1.82) is 0 Å². The lowest BCUT2D eigenvalue weighted by atomic mass is 10.3. The molecule has 1 aromatic rings. The van der Waals surface area contributed by atoms with E-state index in [-0.39, 0.29) is 0 Å². The number of hydrogen-bond donors (Lipinski definition) is 1. The minimum absolute atomic E-state index is 0.345. The van der Waals surface area contributed by atoms with Crippen LogP contribution in [0.15, 0.2) is 12.4 Å². The lowest BCUT2D eigenvalue weighted by Crippen LogP contribution is -2.22. The molecule has 0 saturated heterocycles. The average Bonchev–Trinajstić information content (AvgIpc) is 2.80. The van der Waals surface area contributed by atoms with Gasteiger partial charge in [0.05, 0.1) is 11.9 Å². The Morgan fingerprint density at radius 1 is 1.35 bits per heavy atom. The Kier molecular flexibility index (Phi) is 4.31. The van der Waals surface area contributed by atoms with Gasteiger partial charge in [-0.25, -0.2) is 4.98 Å². The third-order valence-corrected chi connectivity index (χ3v) is 2.94. The van der Waals surface area contributed by atoms with Gasteiger partial charge in [0.15, 0.2) is 0 Å². The highest BCUT2D eigenvalue weighted by Crippen LogP contribution is 2.22. The highest BCUT2D eigenvalue weighted by Gasteiger charge is 2.17. The third-order valence-electron chi connectivity index (χ3n) is 2.94. The zero-order valence-electron chi connectivity index (χ0n) is 10.6.